The molecule has 2 aromatic heterocycles. The van der Waals surface area contributed by atoms with E-state index in [1.165, 1.54) is 24.4 Å². The van der Waals surface area contributed by atoms with Gasteiger partial charge in [-0.3, -0.25) is 20.4 Å². The van der Waals surface area contributed by atoms with E-state index in [0.29, 0.717) is 5.52 Å². The summed E-state index contributed by atoms with van der Waals surface area (Å²) in [4.78, 5) is 32.3. The fourth-order valence-electron chi connectivity index (χ4n) is 2.18. The molecule has 0 atom stereocenters. The summed E-state index contributed by atoms with van der Waals surface area (Å²) in [7, 11) is 0. The second-order valence-corrected chi connectivity index (χ2v) is 6.01. The van der Waals surface area contributed by atoms with Gasteiger partial charge in [-0.25, -0.2) is 9.97 Å². The molecule has 0 saturated heterocycles. The van der Waals surface area contributed by atoms with E-state index >= 15 is 0 Å². The molecule has 1 aromatic carbocycles. The minimum atomic E-state index is -2.71. The summed E-state index contributed by atoms with van der Waals surface area (Å²) < 4.78 is 25.1. The first-order valence-corrected chi connectivity index (χ1v) is 8.29. The zero-order valence-electron chi connectivity index (χ0n) is 13.1. The van der Waals surface area contributed by atoms with Crippen LogP contribution in [0.1, 0.15) is 20.8 Å². The van der Waals surface area contributed by atoms with E-state index in [9.17, 15) is 18.4 Å². The van der Waals surface area contributed by atoms with Crippen molar-refractivity contribution in [2.45, 2.75) is 10.8 Å². The lowest BCUT2D eigenvalue weighted by Gasteiger charge is -2.10. The minimum Gasteiger partial charge on any atom is -0.267 e. The maximum absolute atomic E-state index is 12.5. The Morgan fingerprint density at radius 1 is 0.962 bits per heavy atom. The fraction of sp³-hybridized carbons (Fsp3) is 0.0588. The molecule has 0 aliphatic carbocycles. The standard InChI is InChI=1S/C17H12F2N4O2S/c18-17(19)26-16-11(5-3-9-20-16)14(24)22-23-15(25)13-8-7-10-4-1-2-6-12(10)21-13/h1-9,17H,(H,22,24)(H,23,25). The van der Waals surface area contributed by atoms with Crippen LogP contribution in [0.3, 0.4) is 0 Å². The van der Waals surface area contributed by atoms with Gasteiger partial charge in [0.2, 0.25) is 0 Å². The second kappa shape index (κ2) is 7.87. The van der Waals surface area contributed by atoms with Gasteiger partial charge in [-0.2, -0.15) is 8.78 Å². The number of carbonyl (C=O) groups is 2. The molecular weight excluding hydrogens is 362 g/mol. The number of para-hydroxylation sites is 1. The van der Waals surface area contributed by atoms with Crippen LogP contribution >= 0.6 is 11.8 Å². The number of nitrogens with zero attached hydrogens (tertiary/aromatic N) is 2. The number of nitrogens with one attached hydrogen (secondary N) is 2. The van der Waals surface area contributed by atoms with Crippen LogP contribution in [0.4, 0.5) is 8.78 Å². The molecule has 0 saturated carbocycles. The quantitative estimate of drug-likeness (QED) is 0.542. The molecule has 3 aromatic rings. The molecule has 0 radical (unpaired) electrons. The number of pyridine rings is 2. The van der Waals surface area contributed by atoms with Crippen molar-refractivity contribution in [2.24, 2.45) is 0 Å². The van der Waals surface area contributed by atoms with Crippen LogP contribution in [0.15, 0.2) is 59.8 Å². The van der Waals surface area contributed by atoms with Crippen molar-refractivity contribution < 1.29 is 18.4 Å². The van der Waals surface area contributed by atoms with E-state index in [1.54, 1.807) is 18.2 Å². The Morgan fingerprint density at radius 3 is 2.54 bits per heavy atom. The first-order valence-electron chi connectivity index (χ1n) is 7.41. The number of hydrogen-bond donors (Lipinski definition) is 2. The van der Waals surface area contributed by atoms with Gasteiger partial charge in [-0.05, 0) is 36.0 Å². The first kappa shape index (κ1) is 17.7. The number of halogens is 2. The third kappa shape index (κ3) is 4.12. The number of fused-ring (bicyclic) bond motifs is 1. The fourth-order valence-corrected chi connectivity index (χ4v) is 2.76. The van der Waals surface area contributed by atoms with Gasteiger partial charge in [0.15, 0.2) is 0 Å². The Bertz CT molecular complexity index is 968. The van der Waals surface area contributed by atoms with E-state index in [4.69, 9.17) is 0 Å². The normalized spacial score (nSPS) is 10.7. The summed E-state index contributed by atoms with van der Waals surface area (Å²) in [5.41, 5.74) is 5.08. The monoisotopic (exact) mass is 374 g/mol. The van der Waals surface area contributed by atoms with Crippen LogP contribution in [0, 0.1) is 0 Å². The number of carbonyl (C=O) groups excluding carboxylic acids is 2. The average molecular weight is 374 g/mol. The van der Waals surface area contributed by atoms with Crippen molar-refractivity contribution in [1.82, 2.24) is 20.8 Å². The highest BCUT2D eigenvalue weighted by Crippen LogP contribution is 2.26. The largest absolute Gasteiger partial charge is 0.290 e. The van der Waals surface area contributed by atoms with Crippen LogP contribution in [0.2, 0.25) is 0 Å². The molecule has 26 heavy (non-hydrogen) atoms. The zero-order valence-corrected chi connectivity index (χ0v) is 14.0. The van der Waals surface area contributed by atoms with Crippen molar-refractivity contribution in [3.05, 3.63) is 66.0 Å². The molecule has 0 aliphatic rings. The van der Waals surface area contributed by atoms with Gasteiger partial charge in [-0.15, -0.1) is 0 Å². The second-order valence-electron chi connectivity index (χ2n) is 5.03. The van der Waals surface area contributed by atoms with Crippen LogP contribution < -0.4 is 10.9 Å². The molecule has 2 N–H and O–H groups in total. The summed E-state index contributed by atoms with van der Waals surface area (Å²) >= 11 is 0.155. The number of benzene rings is 1. The van der Waals surface area contributed by atoms with Gasteiger partial charge in [-0.1, -0.05) is 24.3 Å². The molecule has 9 heteroatoms. The van der Waals surface area contributed by atoms with Gasteiger partial charge in [0.1, 0.15) is 10.7 Å². The van der Waals surface area contributed by atoms with E-state index in [-0.39, 0.29) is 28.0 Å². The number of amides is 2. The van der Waals surface area contributed by atoms with Crippen LogP contribution in [0.25, 0.3) is 10.9 Å². The van der Waals surface area contributed by atoms with Gasteiger partial charge in [0.25, 0.3) is 17.6 Å². The SMILES string of the molecule is O=C(NNC(=O)c1cccnc1SC(F)F)c1ccc2ccccc2n1. The predicted octanol–water partition coefficient (Wildman–Crippen LogP) is 3.02. The molecule has 2 heterocycles. The molecule has 0 unspecified atom stereocenters. The summed E-state index contributed by atoms with van der Waals surface area (Å²) in [6.07, 6.45) is 1.30. The molecule has 2 amide bonds. The lowest BCUT2D eigenvalue weighted by molar-refractivity contribution is 0.0842. The van der Waals surface area contributed by atoms with Crippen LogP contribution in [-0.2, 0) is 0 Å². The highest BCUT2D eigenvalue weighted by atomic mass is 32.2. The van der Waals surface area contributed by atoms with Crippen molar-refractivity contribution >= 4 is 34.5 Å². The lowest BCUT2D eigenvalue weighted by Crippen LogP contribution is -2.42. The number of aromatic nitrogens is 2. The average Bonchev–Trinajstić information content (AvgIpc) is 2.65. The topological polar surface area (TPSA) is 84.0 Å². The molecule has 6 nitrogen and oxygen atoms in total. The minimum absolute atomic E-state index is 0.0652. The Balaban J connectivity index is 1.70. The highest BCUT2D eigenvalue weighted by molar-refractivity contribution is 7.99. The molecule has 132 valence electrons. The summed E-state index contributed by atoms with van der Waals surface area (Å²) in [5, 5.41) is 0.746. The summed E-state index contributed by atoms with van der Waals surface area (Å²) in [5.74, 6) is -4.10. The van der Waals surface area contributed by atoms with Crippen molar-refractivity contribution in [2.75, 3.05) is 0 Å². The number of hydrogen-bond acceptors (Lipinski definition) is 5. The third-order valence-corrected chi connectivity index (χ3v) is 4.06. The Hall–Kier alpha value is -3.07. The van der Waals surface area contributed by atoms with Crippen LogP contribution in [-0.4, -0.2) is 27.5 Å². The Morgan fingerprint density at radius 2 is 1.73 bits per heavy atom. The third-order valence-electron chi connectivity index (χ3n) is 3.34. The van der Waals surface area contributed by atoms with E-state index in [1.807, 2.05) is 12.1 Å². The molecule has 0 fully saturated rings. The number of thioether (sulfide) groups is 1. The molecule has 0 aliphatic heterocycles. The van der Waals surface area contributed by atoms with E-state index < -0.39 is 17.6 Å². The number of rotatable bonds is 4. The highest BCUT2D eigenvalue weighted by Gasteiger charge is 2.17. The Labute approximate surface area is 151 Å². The van der Waals surface area contributed by atoms with Gasteiger partial charge >= 0.3 is 0 Å². The number of alkyl halides is 2. The predicted molar refractivity (Wildman–Crippen MR) is 92.8 cm³/mol. The summed E-state index contributed by atoms with van der Waals surface area (Å²) in [6.45, 7) is 0. The molecule has 3 rings (SSSR count). The lowest BCUT2D eigenvalue weighted by atomic mass is 10.2. The maximum Gasteiger partial charge on any atom is 0.290 e. The first-order chi connectivity index (χ1) is 12.5. The molecule has 0 bridgehead atoms. The van der Waals surface area contributed by atoms with E-state index in [2.05, 4.69) is 20.8 Å². The molecule has 0 spiro atoms. The van der Waals surface area contributed by atoms with Gasteiger partial charge in [0.05, 0.1) is 11.1 Å². The summed E-state index contributed by atoms with van der Waals surface area (Å²) in [6, 6.07) is 13.3. The smallest absolute Gasteiger partial charge is 0.267 e. The maximum atomic E-state index is 12.5. The zero-order chi connectivity index (χ0) is 18.5. The molecular formula is C17H12F2N4O2S. The van der Waals surface area contributed by atoms with Crippen molar-refractivity contribution in [3.8, 4) is 0 Å². The van der Waals surface area contributed by atoms with Crippen LogP contribution in [0.5, 0.6) is 0 Å². The van der Waals surface area contributed by atoms with Gasteiger partial charge in [0, 0.05) is 11.6 Å². The van der Waals surface area contributed by atoms with Gasteiger partial charge < -0.3 is 0 Å². The number of hydrazine groups is 1. The van der Waals surface area contributed by atoms with E-state index in [0.717, 1.165) is 5.39 Å². The Kier molecular flexibility index (Phi) is 5.37. The van der Waals surface area contributed by atoms with Crippen molar-refractivity contribution in [1.29, 1.82) is 0 Å². The van der Waals surface area contributed by atoms with Crippen molar-refractivity contribution in [3.63, 3.8) is 0 Å².